The lowest BCUT2D eigenvalue weighted by molar-refractivity contribution is 0.00747. The second-order valence-electron chi connectivity index (χ2n) is 7.99. The number of pyridine rings is 1. The quantitative estimate of drug-likeness (QED) is 0.797. The fourth-order valence-corrected chi connectivity index (χ4v) is 3.39. The molecular weight excluding hydrogens is 352 g/mol. The third-order valence-electron chi connectivity index (χ3n) is 4.50. The van der Waals surface area contributed by atoms with Gasteiger partial charge < -0.3 is 9.64 Å². The maximum atomic E-state index is 12.6. The van der Waals surface area contributed by atoms with Crippen LogP contribution in [0.3, 0.4) is 0 Å². The maximum Gasteiger partial charge on any atom is 0.410 e. The molecule has 7 heteroatoms. The first-order valence-corrected chi connectivity index (χ1v) is 9.20. The summed E-state index contributed by atoms with van der Waals surface area (Å²) in [5, 5.41) is 5.22. The summed E-state index contributed by atoms with van der Waals surface area (Å²) in [6, 6.07) is 5.57. The molecule has 0 N–H and O–H groups in total. The van der Waals surface area contributed by atoms with Crippen molar-refractivity contribution in [2.24, 2.45) is 0 Å². The lowest BCUT2D eigenvalue weighted by Gasteiger charge is -2.36. The molecular formula is C19H25ClN4O2. The molecule has 3 rings (SSSR count). The van der Waals surface area contributed by atoms with Crippen molar-refractivity contribution < 1.29 is 9.53 Å². The summed E-state index contributed by atoms with van der Waals surface area (Å²) in [4.78, 5) is 18.7. The standard InChI is InChI=1S/C19H25ClN4O2/c1-18(2,3)26-17(25)24-10-5-9-19(24,4)13-23-11-8-16(22-23)15-7-6-14(20)12-21-15/h6-8,11-12H,5,9-10,13H2,1-4H3/t19-/m0/s1. The Kier molecular flexibility index (Phi) is 4.97. The third-order valence-corrected chi connectivity index (χ3v) is 4.72. The van der Waals surface area contributed by atoms with Gasteiger partial charge in [0.25, 0.3) is 0 Å². The molecule has 1 amide bonds. The molecule has 26 heavy (non-hydrogen) atoms. The van der Waals surface area contributed by atoms with E-state index >= 15 is 0 Å². The van der Waals surface area contributed by atoms with E-state index in [0.29, 0.717) is 18.1 Å². The molecule has 140 valence electrons. The molecule has 0 unspecified atom stereocenters. The largest absolute Gasteiger partial charge is 0.444 e. The Bertz CT molecular complexity index is 782. The van der Waals surface area contributed by atoms with Crippen molar-refractivity contribution in [3.8, 4) is 11.4 Å². The lowest BCUT2D eigenvalue weighted by atomic mass is 9.99. The zero-order chi connectivity index (χ0) is 18.9. The van der Waals surface area contributed by atoms with Gasteiger partial charge in [0.2, 0.25) is 0 Å². The molecule has 0 saturated carbocycles. The van der Waals surface area contributed by atoms with Gasteiger partial charge in [-0.05, 0) is 58.7 Å². The van der Waals surface area contributed by atoms with Crippen LogP contribution in [-0.2, 0) is 11.3 Å². The van der Waals surface area contributed by atoms with E-state index in [0.717, 1.165) is 24.2 Å². The van der Waals surface area contributed by atoms with Crippen molar-refractivity contribution in [1.29, 1.82) is 0 Å². The van der Waals surface area contributed by atoms with Crippen molar-refractivity contribution in [3.63, 3.8) is 0 Å². The Balaban J connectivity index is 1.75. The summed E-state index contributed by atoms with van der Waals surface area (Å²) in [6.07, 6.45) is 5.15. The van der Waals surface area contributed by atoms with Gasteiger partial charge in [-0.1, -0.05) is 11.6 Å². The zero-order valence-corrected chi connectivity index (χ0v) is 16.5. The highest BCUT2D eigenvalue weighted by Crippen LogP contribution is 2.32. The first-order valence-electron chi connectivity index (χ1n) is 8.82. The number of halogens is 1. The van der Waals surface area contributed by atoms with Gasteiger partial charge >= 0.3 is 6.09 Å². The Hall–Kier alpha value is -2.08. The van der Waals surface area contributed by atoms with Crippen LogP contribution in [0.4, 0.5) is 4.79 Å². The fraction of sp³-hybridized carbons (Fsp3) is 0.526. The molecule has 3 heterocycles. The Labute approximate surface area is 159 Å². The summed E-state index contributed by atoms with van der Waals surface area (Å²) in [5.41, 5.74) is 0.736. The molecule has 0 bridgehead atoms. The molecule has 6 nitrogen and oxygen atoms in total. The Morgan fingerprint density at radius 2 is 2.08 bits per heavy atom. The predicted molar refractivity (Wildman–Crippen MR) is 101 cm³/mol. The van der Waals surface area contributed by atoms with Gasteiger partial charge in [0.05, 0.1) is 22.8 Å². The van der Waals surface area contributed by atoms with Gasteiger partial charge in [-0.25, -0.2) is 4.79 Å². The minimum absolute atomic E-state index is 0.260. The minimum Gasteiger partial charge on any atom is -0.444 e. The van der Waals surface area contributed by atoms with Gasteiger partial charge in [0.1, 0.15) is 11.3 Å². The van der Waals surface area contributed by atoms with Crippen molar-refractivity contribution in [2.45, 2.75) is 58.2 Å². The number of aromatic nitrogens is 3. The Morgan fingerprint density at radius 1 is 1.31 bits per heavy atom. The van der Waals surface area contributed by atoms with Crippen LogP contribution in [0.15, 0.2) is 30.6 Å². The first kappa shape index (κ1) is 18.7. The summed E-state index contributed by atoms with van der Waals surface area (Å²) in [6.45, 7) is 9.07. The number of rotatable bonds is 3. The number of nitrogens with zero attached hydrogens (tertiary/aromatic N) is 4. The number of hydrogen-bond donors (Lipinski definition) is 0. The van der Waals surface area contributed by atoms with E-state index < -0.39 is 5.60 Å². The first-order chi connectivity index (χ1) is 12.2. The average molecular weight is 377 g/mol. The van der Waals surface area contributed by atoms with E-state index in [1.807, 2.05) is 48.7 Å². The third kappa shape index (κ3) is 4.18. The van der Waals surface area contributed by atoms with Crippen LogP contribution in [-0.4, -0.2) is 43.4 Å². The smallest absolute Gasteiger partial charge is 0.410 e. The van der Waals surface area contributed by atoms with Crippen molar-refractivity contribution in [1.82, 2.24) is 19.7 Å². The van der Waals surface area contributed by atoms with Crippen molar-refractivity contribution >= 4 is 17.7 Å². The average Bonchev–Trinajstić information content (AvgIpc) is 3.13. The van der Waals surface area contributed by atoms with E-state index in [1.54, 1.807) is 12.3 Å². The summed E-state index contributed by atoms with van der Waals surface area (Å²) in [7, 11) is 0. The van der Waals surface area contributed by atoms with Gasteiger partial charge in [-0.15, -0.1) is 0 Å². The number of ether oxygens (including phenoxy) is 1. The highest BCUT2D eigenvalue weighted by molar-refractivity contribution is 6.30. The molecule has 1 aliphatic rings. The molecule has 2 aromatic heterocycles. The van der Waals surface area contributed by atoms with Crippen LogP contribution in [0.1, 0.15) is 40.5 Å². The summed E-state index contributed by atoms with van der Waals surface area (Å²) in [5.74, 6) is 0. The van der Waals surface area contributed by atoms with Crippen LogP contribution >= 0.6 is 11.6 Å². The monoisotopic (exact) mass is 376 g/mol. The van der Waals surface area contributed by atoms with Gasteiger partial charge in [-0.2, -0.15) is 5.10 Å². The molecule has 1 fully saturated rings. The number of carbonyl (C=O) groups excluding carboxylic acids is 1. The van der Waals surface area contributed by atoms with Gasteiger partial charge in [0, 0.05) is 18.9 Å². The van der Waals surface area contributed by atoms with Crippen LogP contribution in [0.2, 0.25) is 5.02 Å². The Morgan fingerprint density at radius 3 is 2.73 bits per heavy atom. The molecule has 0 radical (unpaired) electrons. The molecule has 1 atom stereocenters. The van der Waals surface area contributed by atoms with E-state index in [1.165, 1.54) is 0 Å². The summed E-state index contributed by atoms with van der Waals surface area (Å²) >= 11 is 5.89. The second-order valence-corrected chi connectivity index (χ2v) is 8.43. The highest BCUT2D eigenvalue weighted by atomic mass is 35.5. The summed E-state index contributed by atoms with van der Waals surface area (Å²) < 4.78 is 7.44. The lowest BCUT2D eigenvalue weighted by Crippen LogP contribution is -2.49. The highest BCUT2D eigenvalue weighted by Gasteiger charge is 2.42. The van der Waals surface area contributed by atoms with Gasteiger partial charge in [0.15, 0.2) is 0 Å². The van der Waals surface area contributed by atoms with Crippen molar-refractivity contribution in [2.75, 3.05) is 6.54 Å². The number of likely N-dealkylation sites (tertiary alicyclic amines) is 1. The minimum atomic E-state index is -0.500. The van der Waals surface area contributed by atoms with Crippen molar-refractivity contribution in [3.05, 3.63) is 35.6 Å². The van der Waals surface area contributed by atoms with E-state index in [4.69, 9.17) is 16.3 Å². The number of amides is 1. The zero-order valence-electron chi connectivity index (χ0n) is 15.7. The fourth-order valence-electron chi connectivity index (χ4n) is 3.28. The second kappa shape index (κ2) is 6.91. The molecule has 1 aliphatic heterocycles. The van der Waals surface area contributed by atoms with Crippen LogP contribution < -0.4 is 0 Å². The van der Waals surface area contributed by atoms with Crippen LogP contribution in [0, 0.1) is 0 Å². The van der Waals surface area contributed by atoms with Crippen LogP contribution in [0.5, 0.6) is 0 Å². The van der Waals surface area contributed by atoms with Gasteiger partial charge in [-0.3, -0.25) is 9.67 Å². The normalized spacial score (nSPS) is 20.4. The molecule has 2 aromatic rings. The molecule has 0 aromatic carbocycles. The predicted octanol–water partition coefficient (Wildman–Crippen LogP) is 4.39. The number of carbonyl (C=O) groups is 1. The number of hydrogen-bond acceptors (Lipinski definition) is 4. The van der Waals surface area contributed by atoms with Crippen LogP contribution in [0.25, 0.3) is 11.4 Å². The van der Waals surface area contributed by atoms with E-state index in [2.05, 4.69) is 17.0 Å². The maximum absolute atomic E-state index is 12.6. The molecule has 0 spiro atoms. The molecule has 1 saturated heterocycles. The molecule has 0 aliphatic carbocycles. The van der Waals surface area contributed by atoms with E-state index in [-0.39, 0.29) is 11.6 Å². The van der Waals surface area contributed by atoms with E-state index in [9.17, 15) is 4.79 Å². The SMILES string of the molecule is CC(C)(C)OC(=O)N1CCC[C@@]1(C)Cn1ccc(-c2ccc(Cl)cn2)n1. The topological polar surface area (TPSA) is 60.2 Å².